The molecule has 0 spiro atoms. The van der Waals surface area contributed by atoms with Crippen LogP contribution in [0, 0.1) is 0 Å². The minimum Gasteiger partial charge on any atom is -0.489 e. The van der Waals surface area contributed by atoms with E-state index >= 15 is 0 Å². The molecular formula is C23H28ClN3O2. The second kappa shape index (κ2) is 9.14. The van der Waals surface area contributed by atoms with Crippen LogP contribution in [0.4, 0.5) is 0 Å². The van der Waals surface area contributed by atoms with E-state index in [1.165, 1.54) is 5.56 Å². The van der Waals surface area contributed by atoms with Crippen molar-refractivity contribution in [1.82, 2.24) is 14.8 Å². The normalized spacial score (nSPS) is 20.6. The van der Waals surface area contributed by atoms with Gasteiger partial charge in [0, 0.05) is 49.2 Å². The van der Waals surface area contributed by atoms with Gasteiger partial charge in [-0.2, -0.15) is 0 Å². The number of halogens is 1. The molecule has 29 heavy (non-hydrogen) atoms. The highest BCUT2D eigenvalue weighted by atomic mass is 35.5. The number of hydrogen-bond donors (Lipinski definition) is 0. The van der Waals surface area contributed by atoms with E-state index in [2.05, 4.69) is 28.9 Å². The first-order valence-electron chi connectivity index (χ1n) is 10.5. The van der Waals surface area contributed by atoms with Crippen LogP contribution in [0.15, 0.2) is 42.7 Å². The maximum absolute atomic E-state index is 13.0. The summed E-state index contributed by atoms with van der Waals surface area (Å²) in [5.74, 6) is 1.58. The first-order chi connectivity index (χ1) is 14.1. The van der Waals surface area contributed by atoms with Crippen LogP contribution in [0.5, 0.6) is 5.75 Å². The molecule has 1 unspecified atom stereocenters. The number of carbonyl (C=O) groups is 1. The third kappa shape index (κ3) is 4.90. The van der Waals surface area contributed by atoms with Crippen molar-refractivity contribution in [2.75, 3.05) is 26.2 Å². The summed E-state index contributed by atoms with van der Waals surface area (Å²) < 4.78 is 6.15. The number of likely N-dealkylation sites (tertiary alicyclic amines) is 1. The van der Waals surface area contributed by atoms with Crippen molar-refractivity contribution in [3.05, 3.63) is 58.9 Å². The lowest BCUT2D eigenvalue weighted by Crippen LogP contribution is -2.45. The Morgan fingerprint density at radius 1 is 1.21 bits per heavy atom. The molecule has 4 rings (SSSR count). The molecule has 6 heteroatoms. The fourth-order valence-electron chi connectivity index (χ4n) is 4.30. The number of piperidine rings is 1. The number of hydrogen-bond acceptors (Lipinski definition) is 4. The molecule has 0 aliphatic carbocycles. The molecule has 0 saturated carbocycles. The summed E-state index contributed by atoms with van der Waals surface area (Å²) in [5, 5.41) is 0.681. The van der Waals surface area contributed by atoms with Gasteiger partial charge in [0.2, 0.25) is 5.91 Å². The number of benzene rings is 1. The van der Waals surface area contributed by atoms with Crippen LogP contribution < -0.4 is 4.74 Å². The van der Waals surface area contributed by atoms with Crippen LogP contribution in [0.25, 0.3) is 0 Å². The Morgan fingerprint density at radius 2 is 1.97 bits per heavy atom. The van der Waals surface area contributed by atoms with E-state index in [1.807, 2.05) is 35.5 Å². The maximum atomic E-state index is 13.0. The van der Waals surface area contributed by atoms with Gasteiger partial charge in [-0.15, -0.1) is 0 Å². The predicted octanol–water partition coefficient (Wildman–Crippen LogP) is 4.11. The number of aromatic nitrogens is 1. The summed E-state index contributed by atoms with van der Waals surface area (Å²) in [5.41, 5.74) is 2.42. The predicted molar refractivity (Wildman–Crippen MR) is 114 cm³/mol. The maximum Gasteiger partial charge on any atom is 0.236 e. The fourth-order valence-corrected chi connectivity index (χ4v) is 4.46. The summed E-state index contributed by atoms with van der Waals surface area (Å²) in [4.78, 5) is 21.3. The fraction of sp³-hybridized carbons (Fsp3) is 0.478. The highest BCUT2D eigenvalue weighted by molar-refractivity contribution is 6.30. The number of rotatable bonds is 4. The van der Waals surface area contributed by atoms with Crippen LogP contribution >= 0.6 is 11.6 Å². The molecule has 1 amide bonds. The van der Waals surface area contributed by atoms with Crippen LogP contribution in [0.2, 0.25) is 5.02 Å². The molecule has 1 aromatic heterocycles. The largest absolute Gasteiger partial charge is 0.489 e. The Bertz CT molecular complexity index is 837. The minimum absolute atomic E-state index is 0.0694. The zero-order valence-electron chi connectivity index (χ0n) is 16.9. The summed E-state index contributed by atoms with van der Waals surface area (Å²) in [7, 11) is 0. The van der Waals surface area contributed by atoms with Gasteiger partial charge in [0.1, 0.15) is 11.9 Å². The molecule has 1 fully saturated rings. The average Bonchev–Trinajstić information content (AvgIpc) is 2.92. The van der Waals surface area contributed by atoms with Gasteiger partial charge in [0.05, 0.1) is 6.54 Å². The van der Waals surface area contributed by atoms with Gasteiger partial charge in [0.25, 0.3) is 0 Å². The quantitative estimate of drug-likeness (QED) is 0.756. The number of ether oxygens (including phenoxy) is 1. The van der Waals surface area contributed by atoms with Crippen molar-refractivity contribution in [2.24, 2.45) is 0 Å². The van der Waals surface area contributed by atoms with Crippen molar-refractivity contribution >= 4 is 17.5 Å². The lowest BCUT2D eigenvalue weighted by molar-refractivity contribution is -0.133. The number of fused-ring (bicyclic) bond motifs is 1. The Morgan fingerprint density at radius 3 is 2.69 bits per heavy atom. The van der Waals surface area contributed by atoms with Gasteiger partial charge >= 0.3 is 0 Å². The zero-order valence-corrected chi connectivity index (χ0v) is 17.6. The molecule has 1 saturated heterocycles. The van der Waals surface area contributed by atoms with Gasteiger partial charge in [-0.1, -0.05) is 24.6 Å². The number of nitrogens with zero attached hydrogens (tertiary/aromatic N) is 3. The lowest BCUT2D eigenvalue weighted by Gasteiger charge is -2.34. The van der Waals surface area contributed by atoms with Gasteiger partial charge < -0.3 is 9.64 Å². The average molecular weight is 414 g/mol. The van der Waals surface area contributed by atoms with E-state index in [4.69, 9.17) is 16.3 Å². The number of pyridine rings is 1. The summed E-state index contributed by atoms with van der Waals surface area (Å²) in [6, 6.07) is 9.96. The first-order valence-corrected chi connectivity index (χ1v) is 10.8. The topological polar surface area (TPSA) is 45.7 Å². The number of amides is 1. The van der Waals surface area contributed by atoms with E-state index in [1.54, 1.807) is 0 Å². The van der Waals surface area contributed by atoms with Crippen LogP contribution in [-0.4, -0.2) is 53.0 Å². The zero-order chi connectivity index (χ0) is 20.2. The molecule has 1 aromatic carbocycles. The SMILES string of the molecule is CCC1CN(CC(=O)N2CCC(c3ccncc3)CC2)Cc2ccc(Cl)cc2O1. The monoisotopic (exact) mass is 413 g/mol. The molecule has 2 aliphatic heterocycles. The minimum atomic E-state index is 0.0694. The molecule has 0 bridgehead atoms. The van der Waals surface area contributed by atoms with Crippen molar-refractivity contribution in [2.45, 2.75) is 44.8 Å². The molecule has 1 atom stereocenters. The molecule has 2 aromatic rings. The lowest BCUT2D eigenvalue weighted by atomic mass is 9.90. The first kappa shape index (κ1) is 20.2. The molecule has 0 N–H and O–H groups in total. The van der Waals surface area contributed by atoms with Crippen molar-refractivity contribution in [3.8, 4) is 5.75 Å². The highest BCUT2D eigenvalue weighted by Gasteiger charge is 2.28. The Balaban J connectivity index is 1.37. The van der Waals surface area contributed by atoms with E-state index in [0.29, 0.717) is 24.0 Å². The highest BCUT2D eigenvalue weighted by Crippen LogP contribution is 2.30. The van der Waals surface area contributed by atoms with Crippen molar-refractivity contribution in [3.63, 3.8) is 0 Å². The second-order valence-electron chi connectivity index (χ2n) is 8.01. The molecule has 5 nitrogen and oxygen atoms in total. The summed E-state index contributed by atoms with van der Waals surface area (Å²) in [6.07, 6.45) is 6.69. The summed E-state index contributed by atoms with van der Waals surface area (Å²) >= 11 is 6.14. The Hall–Kier alpha value is -2.11. The van der Waals surface area contributed by atoms with Gasteiger partial charge in [-0.05, 0) is 55.0 Å². The summed E-state index contributed by atoms with van der Waals surface area (Å²) in [6.45, 7) is 5.65. The third-order valence-electron chi connectivity index (χ3n) is 6.02. The Labute approximate surface area is 177 Å². The van der Waals surface area contributed by atoms with Crippen LogP contribution in [-0.2, 0) is 11.3 Å². The standard InChI is InChI=1S/C23H28ClN3O2/c1-2-21-15-26(14-19-3-4-20(24)13-22(19)29-21)16-23(28)27-11-7-18(8-12-27)17-5-9-25-10-6-17/h3-6,9-10,13,18,21H,2,7-8,11-12,14-16H2,1H3. The van der Waals surface area contributed by atoms with Crippen molar-refractivity contribution < 1.29 is 9.53 Å². The van der Waals surface area contributed by atoms with E-state index in [0.717, 1.165) is 50.2 Å². The Kier molecular flexibility index (Phi) is 6.36. The van der Waals surface area contributed by atoms with Crippen LogP contribution in [0.3, 0.4) is 0 Å². The van der Waals surface area contributed by atoms with E-state index in [-0.39, 0.29) is 12.0 Å². The van der Waals surface area contributed by atoms with E-state index < -0.39 is 0 Å². The van der Waals surface area contributed by atoms with Crippen LogP contribution in [0.1, 0.15) is 43.2 Å². The second-order valence-corrected chi connectivity index (χ2v) is 8.44. The molecular weight excluding hydrogens is 386 g/mol. The molecule has 2 aliphatic rings. The van der Waals surface area contributed by atoms with Gasteiger partial charge in [-0.25, -0.2) is 0 Å². The van der Waals surface area contributed by atoms with Gasteiger partial charge in [-0.3, -0.25) is 14.7 Å². The van der Waals surface area contributed by atoms with Gasteiger partial charge in [0.15, 0.2) is 0 Å². The van der Waals surface area contributed by atoms with E-state index in [9.17, 15) is 4.79 Å². The molecule has 0 radical (unpaired) electrons. The molecule has 154 valence electrons. The third-order valence-corrected chi connectivity index (χ3v) is 6.25. The molecule has 3 heterocycles. The van der Waals surface area contributed by atoms with Crippen molar-refractivity contribution in [1.29, 1.82) is 0 Å². The number of carbonyl (C=O) groups excluding carboxylic acids is 1. The smallest absolute Gasteiger partial charge is 0.236 e.